The molecule has 0 unspecified atom stereocenters. The number of hydrogen-bond acceptors (Lipinski definition) is 8. The van der Waals surface area contributed by atoms with Crippen molar-refractivity contribution in [3.8, 4) is 28.4 Å². The van der Waals surface area contributed by atoms with Gasteiger partial charge in [0.1, 0.15) is 5.75 Å². The average Bonchev–Trinajstić information content (AvgIpc) is 3.21. The fourth-order valence-corrected chi connectivity index (χ4v) is 8.91. The lowest BCUT2D eigenvalue weighted by molar-refractivity contribution is -0.150. The molecule has 3 aromatic rings. The second-order valence-electron chi connectivity index (χ2n) is 14.1. The number of hydrogen-bond donors (Lipinski definition) is 0. The Morgan fingerprint density at radius 3 is 1.25 bits per heavy atom. The van der Waals surface area contributed by atoms with Gasteiger partial charge in [0.2, 0.25) is 23.3 Å². The van der Waals surface area contributed by atoms with E-state index in [1.807, 2.05) is 32.9 Å². The molecule has 4 rings (SSSR count). The third-order valence-electron chi connectivity index (χ3n) is 9.87. The van der Waals surface area contributed by atoms with E-state index in [1.54, 1.807) is 12.1 Å². The summed E-state index contributed by atoms with van der Waals surface area (Å²) in [4.78, 5) is 0. The zero-order chi connectivity index (χ0) is 43.0. The Kier molecular flexibility index (Phi) is 19.2. The highest BCUT2D eigenvalue weighted by molar-refractivity contribution is 6.75. The highest BCUT2D eigenvalue weighted by atomic mass is 28.4. The van der Waals surface area contributed by atoms with E-state index in [4.69, 9.17) is 37.0 Å². The van der Waals surface area contributed by atoms with E-state index in [-0.39, 0.29) is 31.5 Å². The van der Waals surface area contributed by atoms with Crippen LogP contribution in [0.1, 0.15) is 85.5 Å². The van der Waals surface area contributed by atoms with Crippen LogP contribution in [-0.2, 0) is 22.8 Å². The highest BCUT2D eigenvalue weighted by Gasteiger charge is 2.43. The maximum atomic E-state index is 15.1. The highest BCUT2D eigenvalue weighted by Crippen LogP contribution is 2.42. The lowest BCUT2D eigenvalue weighted by Gasteiger charge is -2.40. The molecule has 0 radical (unpaired) electrons. The predicted octanol–water partition coefficient (Wildman–Crippen LogP) is 10.1. The number of rotatable bonds is 28. The van der Waals surface area contributed by atoms with Crippen LogP contribution >= 0.6 is 0 Å². The van der Waals surface area contributed by atoms with Gasteiger partial charge in [-0.2, -0.15) is 17.6 Å². The summed E-state index contributed by atoms with van der Waals surface area (Å²) in [5, 5.41) is 0.801. The van der Waals surface area contributed by atoms with Crippen molar-refractivity contribution >= 4 is 14.0 Å². The average molecular weight is 867 g/mol. The Morgan fingerprint density at radius 1 is 0.508 bits per heavy atom. The summed E-state index contributed by atoms with van der Waals surface area (Å²) in [7, 11) is -3.05. The number of halogens is 8. The zero-order valence-electron chi connectivity index (χ0n) is 34.0. The topological polar surface area (TPSA) is 73.8 Å². The summed E-state index contributed by atoms with van der Waals surface area (Å²) in [6.45, 7) is 11.0. The van der Waals surface area contributed by atoms with E-state index in [0.29, 0.717) is 97.1 Å². The van der Waals surface area contributed by atoms with E-state index in [1.165, 1.54) is 0 Å². The van der Waals surface area contributed by atoms with Gasteiger partial charge in [-0.05, 0) is 84.3 Å². The number of benzene rings is 3. The molecule has 0 saturated carbocycles. The van der Waals surface area contributed by atoms with Crippen LogP contribution in [0.5, 0.6) is 17.2 Å². The third-order valence-corrected chi connectivity index (χ3v) is 12.9. The van der Waals surface area contributed by atoms with Crippen molar-refractivity contribution in [2.24, 2.45) is 5.41 Å². The second kappa shape index (κ2) is 23.5. The molecule has 0 aliphatic carbocycles. The summed E-state index contributed by atoms with van der Waals surface area (Å²) in [5.41, 5.74) is -3.89. The molecule has 1 aliphatic heterocycles. The molecule has 0 bridgehead atoms. The molecule has 1 heterocycles. The van der Waals surface area contributed by atoms with Gasteiger partial charge in [0.25, 0.3) is 0 Å². The first-order valence-electron chi connectivity index (χ1n) is 20.2. The Bertz CT molecular complexity index is 1700. The van der Waals surface area contributed by atoms with Crippen LogP contribution in [0.15, 0.2) is 24.3 Å². The van der Waals surface area contributed by atoms with Crippen LogP contribution in [0.25, 0.3) is 11.1 Å². The van der Waals surface area contributed by atoms with E-state index in [0.717, 1.165) is 11.6 Å². The second-order valence-corrected chi connectivity index (χ2v) is 16.6. The van der Waals surface area contributed by atoms with Crippen molar-refractivity contribution in [2.45, 2.75) is 85.5 Å². The Morgan fingerprint density at radius 2 is 0.898 bits per heavy atom. The molecule has 0 N–H and O–H groups in total. The molecule has 17 heteroatoms. The first-order valence-corrected chi connectivity index (χ1v) is 21.9. The Labute approximate surface area is 341 Å². The molecule has 1 aliphatic rings. The van der Waals surface area contributed by atoms with Gasteiger partial charge in [-0.3, -0.25) is 0 Å². The lowest BCUT2D eigenvalue weighted by Crippen LogP contribution is -2.56. The van der Waals surface area contributed by atoms with Gasteiger partial charge in [0.15, 0.2) is 34.8 Å². The minimum atomic E-state index is -3.05. The van der Waals surface area contributed by atoms with Crippen molar-refractivity contribution in [2.75, 3.05) is 66.1 Å². The smallest absolute Gasteiger partial charge is 0.494 e. The maximum Gasteiger partial charge on any atom is 0.537 e. The lowest BCUT2D eigenvalue weighted by atomic mass is 9.84. The molecule has 0 spiro atoms. The first kappa shape index (κ1) is 48.2. The van der Waals surface area contributed by atoms with E-state index >= 15 is 17.6 Å². The normalized spacial score (nSPS) is 13.8. The Balaban J connectivity index is 1.24. The standard InChI is InChI=1S/C42H54F8O8Si/c1-5-42(26-52-27-42)25-51-21-13-9-10-15-23-54-40-36(47)32(43)30(33(44)37(40)48)31-34(45)38(49)41(39(50)35(31)46)55-24-16-12-11-14-22-53-28-17-19-29(20-18-28)59(56-6-2,57-7-3)58-8-4/h17-20H,5-16,21-27H2,1-4H3. The van der Waals surface area contributed by atoms with Gasteiger partial charge in [0.05, 0.1) is 50.8 Å². The summed E-state index contributed by atoms with van der Waals surface area (Å²) in [5.74, 6) is -20.0. The molecule has 8 nitrogen and oxygen atoms in total. The fourth-order valence-electron chi connectivity index (χ4n) is 6.44. The van der Waals surface area contributed by atoms with E-state index in [9.17, 15) is 17.6 Å². The molecule has 1 saturated heterocycles. The van der Waals surface area contributed by atoms with Gasteiger partial charge in [-0.1, -0.05) is 25.5 Å². The van der Waals surface area contributed by atoms with Crippen LogP contribution in [0.3, 0.4) is 0 Å². The molecular formula is C42H54F8O8Si. The molecular weight excluding hydrogens is 813 g/mol. The number of unbranched alkanes of at least 4 members (excludes halogenated alkanes) is 6. The first-order chi connectivity index (χ1) is 28.4. The van der Waals surface area contributed by atoms with Gasteiger partial charge >= 0.3 is 8.80 Å². The minimum absolute atomic E-state index is 0.0608. The van der Waals surface area contributed by atoms with Crippen molar-refractivity contribution in [1.29, 1.82) is 0 Å². The summed E-state index contributed by atoms with van der Waals surface area (Å²) in [6, 6.07) is 7.24. The quantitative estimate of drug-likeness (QED) is 0.0309. The number of ether oxygens (including phenoxy) is 5. The van der Waals surface area contributed by atoms with Crippen molar-refractivity contribution < 1.29 is 72.1 Å². The molecule has 0 atom stereocenters. The zero-order valence-corrected chi connectivity index (χ0v) is 35.0. The van der Waals surface area contributed by atoms with Crippen LogP contribution in [0.2, 0.25) is 0 Å². The van der Waals surface area contributed by atoms with Crippen molar-refractivity contribution in [3.63, 3.8) is 0 Å². The van der Waals surface area contributed by atoms with E-state index < -0.39 is 78.0 Å². The third kappa shape index (κ3) is 12.1. The molecule has 1 fully saturated rings. The van der Waals surface area contributed by atoms with Gasteiger partial charge < -0.3 is 37.0 Å². The summed E-state index contributed by atoms with van der Waals surface area (Å²) in [6.07, 6.45) is 5.01. The largest absolute Gasteiger partial charge is 0.537 e. The monoisotopic (exact) mass is 866 g/mol. The molecule has 330 valence electrons. The van der Waals surface area contributed by atoms with Crippen LogP contribution in [-0.4, -0.2) is 74.9 Å². The maximum absolute atomic E-state index is 15.1. The molecule has 0 amide bonds. The predicted molar refractivity (Wildman–Crippen MR) is 206 cm³/mol. The van der Waals surface area contributed by atoms with Crippen LogP contribution in [0, 0.1) is 52.0 Å². The molecule has 3 aromatic carbocycles. The van der Waals surface area contributed by atoms with Gasteiger partial charge in [-0.25, -0.2) is 17.6 Å². The summed E-state index contributed by atoms with van der Waals surface area (Å²) < 4.78 is 165. The van der Waals surface area contributed by atoms with E-state index in [2.05, 4.69) is 6.92 Å². The van der Waals surface area contributed by atoms with Crippen molar-refractivity contribution in [3.05, 3.63) is 70.8 Å². The van der Waals surface area contributed by atoms with Gasteiger partial charge in [0, 0.05) is 37.0 Å². The minimum Gasteiger partial charge on any atom is -0.494 e. The molecule has 0 aromatic heterocycles. The summed E-state index contributed by atoms with van der Waals surface area (Å²) >= 11 is 0. The van der Waals surface area contributed by atoms with Crippen LogP contribution in [0.4, 0.5) is 35.1 Å². The SMILES string of the molecule is CCO[Si](OCC)(OCC)c1ccc(OCCCCCCOc2c(F)c(F)c(-c3c(F)c(F)c(OCCCCCCOCC4(CC)COC4)c(F)c3F)c(F)c2F)cc1. The van der Waals surface area contributed by atoms with Gasteiger partial charge in [-0.15, -0.1) is 0 Å². The van der Waals surface area contributed by atoms with Crippen molar-refractivity contribution in [1.82, 2.24) is 0 Å². The van der Waals surface area contributed by atoms with Crippen LogP contribution < -0.4 is 19.4 Å². The Hall–Kier alpha value is -3.48. The fraction of sp³-hybridized carbons (Fsp3) is 0.571. The molecule has 59 heavy (non-hydrogen) atoms.